The second-order valence-electron chi connectivity index (χ2n) is 24.4. The zero-order valence-electron chi connectivity index (χ0n) is 43.9. The number of hydrogen-bond acceptors (Lipinski definition) is 4. The van der Waals surface area contributed by atoms with E-state index >= 15 is 0 Å². The highest BCUT2D eigenvalue weighted by molar-refractivity contribution is 6.73. The second-order valence-corrected chi connectivity index (χ2v) is 24.4. The van der Waals surface area contributed by atoms with Crippen LogP contribution in [-0.2, 0) is 21.7 Å². The van der Waals surface area contributed by atoms with Gasteiger partial charge in [-0.25, -0.2) is 0 Å². The molecule has 1 aliphatic rings. The monoisotopic (exact) mass is 942 g/mol. The van der Waals surface area contributed by atoms with Crippen molar-refractivity contribution in [3.63, 3.8) is 0 Å². The summed E-state index contributed by atoms with van der Waals surface area (Å²) in [6.07, 6.45) is 0. The maximum Gasteiger partial charge on any atom is 0.244 e. The quantitative estimate of drug-likeness (QED) is 0.169. The first-order valence-electron chi connectivity index (χ1n) is 25.7. The maximum absolute atomic E-state index is 7.00. The molecule has 11 aromatic rings. The Morgan fingerprint density at radius 1 is 0.431 bits per heavy atom. The minimum absolute atomic E-state index is 0.0312. The van der Waals surface area contributed by atoms with Crippen molar-refractivity contribution < 1.29 is 8.83 Å². The molecule has 0 amide bonds. The molecular weight excluding hydrogens is 878 g/mol. The molecule has 1 aliphatic heterocycles. The third-order valence-corrected chi connectivity index (χ3v) is 15.3. The van der Waals surface area contributed by atoms with Crippen LogP contribution >= 0.6 is 0 Å². The van der Waals surface area contributed by atoms with Crippen molar-refractivity contribution in [2.45, 2.75) is 105 Å². The van der Waals surface area contributed by atoms with Crippen LogP contribution in [0.4, 0.5) is 28.4 Å². The van der Waals surface area contributed by atoms with Crippen LogP contribution in [0.1, 0.15) is 105 Å². The fraction of sp³-hybridized carbons (Fsp3) is 0.242. The van der Waals surface area contributed by atoms with E-state index in [-0.39, 0.29) is 21.7 Å². The van der Waals surface area contributed by atoms with Crippen LogP contribution in [0, 0.1) is 0 Å². The zero-order chi connectivity index (χ0) is 50.2. The fourth-order valence-electron chi connectivity index (χ4n) is 11.1. The third kappa shape index (κ3) is 7.61. The van der Waals surface area contributed by atoms with Crippen LogP contribution in [-0.4, -0.2) is 11.8 Å². The number of rotatable bonds is 6. The van der Waals surface area contributed by atoms with Crippen LogP contribution in [0.5, 0.6) is 0 Å². The lowest BCUT2D eigenvalue weighted by Crippen LogP contribution is -2.36. The SMILES string of the molecule is CC(C)(C)c1ccc(Nc2cc(N(c3ccc(C(C)(C)C)cc3)c3ccc(C(C)(C)C)cc3)ccc2-c2ccc3c4cc5c(cc4n4c3c2Bc2oc3ccc(C(C)(C)C)cc3c2-4)oc2ccccc25)cc1. The van der Waals surface area contributed by atoms with E-state index in [1.54, 1.807) is 0 Å². The molecule has 1 N–H and O–H groups in total. The van der Waals surface area contributed by atoms with Gasteiger partial charge in [0.2, 0.25) is 7.28 Å². The van der Waals surface area contributed by atoms with Crippen molar-refractivity contribution >= 4 is 102 Å². The Morgan fingerprint density at radius 3 is 1.61 bits per heavy atom. The normalized spacial score (nSPS) is 13.1. The smallest absolute Gasteiger partial charge is 0.244 e. The van der Waals surface area contributed by atoms with Gasteiger partial charge in [0, 0.05) is 72.5 Å². The Bertz CT molecular complexity index is 3880. The standard InChI is InChI=1S/C66H64BN3O2/c1-63(2,3)39-17-24-43(25-18-39)68-54-36-46(69(44-26-19-40(20-27-44)64(4,5)6)45-28-21-41(22-29-45)65(7,8)9)30-31-47(54)49-32-33-50-51-37-52-48-15-13-14-16-56(48)71-58(52)38-55(51)70-60(50)59(49)67-62-61(70)53-35-42(66(10,11)12)23-34-57(53)72-62/h13-38,67-68H,1-12H3. The maximum atomic E-state index is 7.00. The summed E-state index contributed by atoms with van der Waals surface area (Å²) < 4.78 is 16.1. The molecule has 0 unspecified atom stereocenters. The van der Waals surface area contributed by atoms with Gasteiger partial charge >= 0.3 is 0 Å². The highest BCUT2D eigenvalue weighted by Gasteiger charge is 2.32. The summed E-state index contributed by atoms with van der Waals surface area (Å²) in [6, 6.07) is 58.6. The van der Waals surface area contributed by atoms with Gasteiger partial charge in [-0.3, -0.25) is 0 Å². The van der Waals surface area contributed by atoms with E-state index in [0.717, 1.165) is 89.3 Å². The number of nitrogens with one attached hydrogen (secondary N) is 1. The van der Waals surface area contributed by atoms with Crippen molar-refractivity contribution in [2.24, 2.45) is 0 Å². The van der Waals surface area contributed by atoms with Gasteiger partial charge in [-0.05, 0) is 128 Å². The van der Waals surface area contributed by atoms with E-state index in [9.17, 15) is 0 Å². The molecule has 0 saturated carbocycles. The summed E-state index contributed by atoms with van der Waals surface area (Å²) in [5.41, 5.74) is 21.2. The molecule has 0 fully saturated rings. The lowest BCUT2D eigenvalue weighted by atomic mass is 9.62. The lowest BCUT2D eigenvalue weighted by Gasteiger charge is -2.29. The summed E-state index contributed by atoms with van der Waals surface area (Å²) >= 11 is 0. The predicted molar refractivity (Wildman–Crippen MR) is 309 cm³/mol. The molecule has 0 aliphatic carbocycles. The predicted octanol–water partition coefficient (Wildman–Crippen LogP) is 17.2. The first-order chi connectivity index (χ1) is 34.2. The molecule has 0 saturated heterocycles. The summed E-state index contributed by atoms with van der Waals surface area (Å²) in [5, 5.41) is 9.79. The number of nitrogens with zero attached hydrogens (tertiary/aromatic N) is 2. The third-order valence-electron chi connectivity index (χ3n) is 15.3. The average Bonchev–Trinajstić information content (AvgIpc) is 4.00. The van der Waals surface area contributed by atoms with Gasteiger partial charge in [-0.1, -0.05) is 162 Å². The highest BCUT2D eigenvalue weighted by atomic mass is 16.3. The Labute approximate surface area is 424 Å². The molecule has 72 heavy (non-hydrogen) atoms. The van der Waals surface area contributed by atoms with Crippen LogP contribution in [0.15, 0.2) is 167 Å². The Kier molecular flexibility index (Phi) is 10.2. The summed E-state index contributed by atoms with van der Waals surface area (Å²) in [7, 11) is 0.644. The Morgan fingerprint density at radius 2 is 0.986 bits per heavy atom. The number of anilines is 5. The molecule has 8 aromatic carbocycles. The van der Waals surface area contributed by atoms with E-state index in [0.29, 0.717) is 7.28 Å². The highest BCUT2D eigenvalue weighted by Crippen LogP contribution is 2.45. The summed E-state index contributed by atoms with van der Waals surface area (Å²) in [6.45, 7) is 27.3. The molecular formula is C66H64BN3O2. The first kappa shape index (κ1) is 45.7. The number of furan rings is 2. The van der Waals surface area contributed by atoms with Gasteiger partial charge < -0.3 is 23.6 Å². The molecule has 358 valence electrons. The average molecular weight is 942 g/mol. The van der Waals surface area contributed by atoms with Gasteiger partial charge in [0.05, 0.1) is 16.9 Å². The van der Waals surface area contributed by atoms with Crippen LogP contribution in [0.2, 0.25) is 0 Å². The Balaban J connectivity index is 1.10. The van der Waals surface area contributed by atoms with Crippen LogP contribution < -0.4 is 21.3 Å². The van der Waals surface area contributed by atoms with E-state index in [4.69, 9.17) is 8.83 Å². The minimum Gasteiger partial charge on any atom is -0.469 e. The molecule has 4 heterocycles. The number of hydrogen-bond donors (Lipinski definition) is 1. The Hall–Kier alpha value is -7.44. The lowest BCUT2D eigenvalue weighted by molar-refractivity contribution is 0.590. The molecule has 0 spiro atoms. The largest absolute Gasteiger partial charge is 0.469 e. The van der Waals surface area contributed by atoms with Crippen molar-refractivity contribution in [1.82, 2.24) is 4.57 Å². The van der Waals surface area contributed by atoms with E-state index < -0.39 is 0 Å². The molecule has 0 atom stereocenters. The van der Waals surface area contributed by atoms with Gasteiger partial charge in [-0.15, -0.1) is 0 Å². The van der Waals surface area contributed by atoms with E-state index in [2.05, 4.69) is 250 Å². The summed E-state index contributed by atoms with van der Waals surface area (Å²) in [4.78, 5) is 2.40. The van der Waals surface area contributed by atoms with Crippen molar-refractivity contribution in [2.75, 3.05) is 10.2 Å². The summed E-state index contributed by atoms with van der Waals surface area (Å²) in [5.74, 6) is 0. The van der Waals surface area contributed by atoms with Gasteiger partial charge in [0.25, 0.3) is 0 Å². The van der Waals surface area contributed by atoms with Crippen molar-refractivity contribution in [3.8, 4) is 16.8 Å². The minimum atomic E-state index is -0.0312. The van der Waals surface area contributed by atoms with Crippen molar-refractivity contribution in [3.05, 3.63) is 180 Å². The number of fused-ring (bicyclic) bond motifs is 10. The topological polar surface area (TPSA) is 46.5 Å². The molecule has 0 bridgehead atoms. The molecule has 0 radical (unpaired) electrons. The first-order valence-corrected chi connectivity index (χ1v) is 25.7. The van der Waals surface area contributed by atoms with Crippen molar-refractivity contribution in [1.29, 1.82) is 0 Å². The van der Waals surface area contributed by atoms with E-state index in [1.165, 1.54) is 44.0 Å². The molecule has 6 heteroatoms. The number of benzene rings is 8. The number of para-hydroxylation sites is 1. The van der Waals surface area contributed by atoms with E-state index in [1.807, 2.05) is 6.07 Å². The van der Waals surface area contributed by atoms with Gasteiger partial charge in [0.15, 0.2) is 0 Å². The molecule has 5 nitrogen and oxygen atoms in total. The van der Waals surface area contributed by atoms with Crippen LogP contribution in [0.3, 0.4) is 0 Å². The van der Waals surface area contributed by atoms with Crippen LogP contribution in [0.25, 0.3) is 71.5 Å². The second kappa shape index (κ2) is 16.0. The van der Waals surface area contributed by atoms with Gasteiger partial charge in [0.1, 0.15) is 16.7 Å². The van der Waals surface area contributed by atoms with Gasteiger partial charge in [-0.2, -0.15) is 0 Å². The zero-order valence-corrected chi connectivity index (χ0v) is 43.9. The molecule has 3 aromatic heterocycles. The molecule has 12 rings (SSSR count). The fourth-order valence-corrected chi connectivity index (χ4v) is 11.1. The number of aromatic nitrogens is 1.